The minimum Gasteiger partial charge on any atom is -0.360 e. The van der Waals surface area contributed by atoms with Crippen molar-refractivity contribution in [2.24, 2.45) is 0 Å². The molecular formula is C15H13N3S. The maximum absolute atomic E-state index is 9.17. The number of nitriles is 1. The van der Waals surface area contributed by atoms with E-state index in [1.165, 1.54) is 0 Å². The first kappa shape index (κ1) is 11.9. The average Bonchev–Trinajstić information content (AvgIpc) is 3.05. The van der Waals surface area contributed by atoms with E-state index in [2.05, 4.69) is 22.1 Å². The standard InChI is InChI=1S/C15H13N3S/c1-15(2,9-16)14-18-13(8-19-14)11-7-17-12-6-4-3-5-10(11)12/h3-8,17H,1-2H3. The van der Waals surface area contributed by atoms with Gasteiger partial charge in [-0.3, -0.25) is 0 Å². The first-order valence-electron chi connectivity index (χ1n) is 6.05. The van der Waals surface area contributed by atoms with E-state index in [0.717, 1.165) is 27.2 Å². The van der Waals surface area contributed by atoms with Crippen molar-refractivity contribution in [1.29, 1.82) is 5.26 Å². The smallest absolute Gasteiger partial charge is 0.113 e. The molecule has 3 nitrogen and oxygen atoms in total. The van der Waals surface area contributed by atoms with Crippen molar-refractivity contribution in [3.8, 4) is 17.3 Å². The molecule has 0 saturated heterocycles. The maximum atomic E-state index is 9.17. The second-order valence-electron chi connectivity index (χ2n) is 5.02. The van der Waals surface area contributed by atoms with Crippen molar-refractivity contribution in [1.82, 2.24) is 9.97 Å². The van der Waals surface area contributed by atoms with E-state index in [-0.39, 0.29) is 0 Å². The van der Waals surface area contributed by atoms with Crippen LogP contribution in [0.3, 0.4) is 0 Å². The molecule has 0 aliphatic rings. The van der Waals surface area contributed by atoms with Crippen molar-refractivity contribution in [3.63, 3.8) is 0 Å². The number of H-pyrrole nitrogens is 1. The van der Waals surface area contributed by atoms with Gasteiger partial charge in [0.15, 0.2) is 0 Å². The molecule has 0 unspecified atom stereocenters. The fraction of sp³-hybridized carbons (Fsp3) is 0.200. The molecule has 0 radical (unpaired) electrons. The lowest BCUT2D eigenvalue weighted by Crippen LogP contribution is -2.13. The monoisotopic (exact) mass is 267 g/mol. The van der Waals surface area contributed by atoms with Gasteiger partial charge < -0.3 is 4.98 Å². The first-order chi connectivity index (χ1) is 9.12. The molecule has 0 aliphatic heterocycles. The zero-order valence-electron chi connectivity index (χ0n) is 10.8. The zero-order chi connectivity index (χ0) is 13.5. The molecule has 4 heteroatoms. The molecule has 0 atom stereocenters. The van der Waals surface area contributed by atoms with Crippen LogP contribution in [0.25, 0.3) is 22.2 Å². The Morgan fingerprint density at radius 1 is 1.32 bits per heavy atom. The van der Waals surface area contributed by atoms with Gasteiger partial charge in [0.2, 0.25) is 0 Å². The molecule has 1 N–H and O–H groups in total. The third-order valence-electron chi connectivity index (χ3n) is 3.18. The van der Waals surface area contributed by atoms with Crippen molar-refractivity contribution in [2.75, 3.05) is 0 Å². The summed E-state index contributed by atoms with van der Waals surface area (Å²) in [6.45, 7) is 3.79. The van der Waals surface area contributed by atoms with Gasteiger partial charge in [0.25, 0.3) is 0 Å². The van der Waals surface area contributed by atoms with E-state index < -0.39 is 5.41 Å². The molecule has 1 aromatic carbocycles. The Balaban J connectivity index is 2.11. The lowest BCUT2D eigenvalue weighted by molar-refractivity contribution is 0.680. The normalized spacial score (nSPS) is 11.6. The van der Waals surface area contributed by atoms with Gasteiger partial charge in [-0.15, -0.1) is 11.3 Å². The van der Waals surface area contributed by atoms with Crippen LogP contribution >= 0.6 is 11.3 Å². The summed E-state index contributed by atoms with van der Waals surface area (Å²) in [4.78, 5) is 7.87. The fourth-order valence-corrected chi connectivity index (χ4v) is 2.91. The predicted molar refractivity (Wildman–Crippen MR) is 78.0 cm³/mol. The van der Waals surface area contributed by atoms with Crippen LogP contribution in [0.1, 0.15) is 18.9 Å². The summed E-state index contributed by atoms with van der Waals surface area (Å²) < 4.78 is 0. The minimum atomic E-state index is -0.533. The number of para-hydroxylation sites is 1. The van der Waals surface area contributed by atoms with E-state index >= 15 is 0 Å². The first-order valence-corrected chi connectivity index (χ1v) is 6.93. The van der Waals surface area contributed by atoms with Crippen molar-refractivity contribution >= 4 is 22.2 Å². The topological polar surface area (TPSA) is 52.5 Å². The van der Waals surface area contributed by atoms with Crippen LogP contribution in [0.4, 0.5) is 0 Å². The molecule has 3 rings (SSSR count). The van der Waals surface area contributed by atoms with Gasteiger partial charge in [-0.2, -0.15) is 5.26 Å². The van der Waals surface area contributed by atoms with Gasteiger partial charge in [-0.1, -0.05) is 18.2 Å². The van der Waals surface area contributed by atoms with Crippen LogP contribution in [-0.2, 0) is 5.41 Å². The number of thiazole rings is 1. The Labute approximate surface area is 115 Å². The van der Waals surface area contributed by atoms with E-state index in [0.29, 0.717) is 0 Å². The maximum Gasteiger partial charge on any atom is 0.113 e. The molecule has 0 aliphatic carbocycles. The number of aromatic amines is 1. The highest BCUT2D eigenvalue weighted by Gasteiger charge is 2.24. The summed E-state index contributed by atoms with van der Waals surface area (Å²) in [7, 11) is 0. The van der Waals surface area contributed by atoms with Gasteiger partial charge >= 0.3 is 0 Å². The third kappa shape index (κ3) is 1.92. The fourth-order valence-electron chi connectivity index (χ4n) is 2.02. The van der Waals surface area contributed by atoms with Crippen LogP contribution < -0.4 is 0 Å². The van der Waals surface area contributed by atoms with Gasteiger partial charge in [-0.05, 0) is 19.9 Å². The highest BCUT2D eigenvalue weighted by Crippen LogP contribution is 2.33. The molecule has 0 amide bonds. The van der Waals surface area contributed by atoms with Crippen molar-refractivity contribution in [3.05, 3.63) is 40.8 Å². The summed E-state index contributed by atoms with van der Waals surface area (Å²) in [5, 5.41) is 13.2. The lowest BCUT2D eigenvalue weighted by Gasteiger charge is -2.09. The molecule has 19 heavy (non-hydrogen) atoms. The highest BCUT2D eigenvalue weighted by molar-refractivity contribution is 7.10. The quantitative estimate of drug-likeness (QED) is 0.760. The Morgan fingerprint density at radius 3 is 2.89 bits per heavy atom. The average molecular weight is 267 g/mol. The SMILES string of the molecule is CC(C)(C#N)c1nc(-c2c[nH]c3ccccc23)cs1. The number of rotatable bonds is 2. The largest absolute Gasteiger partial charge is 0.360 e. The Bertz CT molecular complexity index is 774. The molecule has 2 aromatic heterocycles. The summed E-state index contributed by atoms with van der Waals surface area (Å²) in [5.41, 5.74) is 2.59. The molecule has 3 aromatic rings. The Kier molecular flexibility index (Phi) is 2.65. The molecule has 0 fully saturated rings. The third-order valence-corrected chi connectivity index (χ3v) is 4.35. The van der Waals surface area contributed by atoms with Crippen LogP contribution in [0.2, 0.25) is 0 Å². The van der Waals surface area contributed by atoms with Crippen molar-refractivity contribution in [2.45, 2.75) is 19.3 Å². The second kappa shape index (κ2) is 4.22. The van der Waals surface area contributed by atoms with Crippen LogP contribution in [0, 0.1) is 11.3 Å². The number of hydrogen-bond donors (Lipinski definition) is 1. The predicted octanol–water partition coefficient (Wildman–Crippen LogP) is 4.09. The molecule has 94 valence electrons. The number of hydrogen-bond acceptors (Lipinski definition) is 3. The summed E-state index contributed by atoms with van der Waals surface area (Å²) in [6.07, 6.45) is 1.98. The second-order valence-corrected chi connectivity index (χ2v) is 5.88. The zero-order valence-corrected chi connectivity index (χ0v) is 11.6. The molecule has 0 spiro atoms. The molecule has 0 bridgehead atoms. The van der Waals surface area contributed by atoms with Gasteiger partial charge in [0.05, 0.1) is 11.8 Å². The molecular weight excluding hydrogens is 254 g/mol. The molecule has 2 heterocycles. The van der Waals surface area contributed by atoms with E-state index in [1.807, 2.05) is 43.6 Å². The van der Waals surface area contributed by atoms with E-state index in [9.17, 15) is 0 Å². The van der Waals surface area contributed by atoms with E-state index in [4.69, 9.17) is 5.26 Å². The Hall–Kier alpha value is -2.12. The number of fused-ring (bicyclic) bond motifs is 1. The minimum absolute atomic E-state index is 0.533. The number of aromatic nitrogens is 2. The highest BCUT2D eigenvalue weighted by atomic mass is 32.1. The van der Waals surface area contributed by atoms with Gasteiger partial charge in [0, 0.05) is 28.0 Å². The van der Waals surface area contributed by atoms with Crippen LogP contribution in [-0.4, -0.2) is 9.97 Å². The number of nitrogens with zero attached hydrogens (tertiary/aromatic N) is 2. The summed E-state index contributed by atoms with van der Waals surface area (Å²) >= 11 is 1.54. The van der Waals surface area contributed by atoms with Crippen molar-refractivity contribution < 1.29 is 0 Å². The van der Waals surface area contributed by atoms with Gasteiger partial charge in [0.1, 0.15) is 10.4 Å². The van der Waals surface area contributed by atoms with Crippen LogP contribution in [0.15, 0.2) is 35.8 Å². The number of benzene rings is 1. The van der Waals surface area contributed by atoms with Gasteiger partial charge in [-0.25, -0.2) is 4.98 Å². The molecule has 0 saturated carbocycles. The Morgan fingerprint density at radius 2 is 2.11 bits per heavy atom. The van der Waals surface area contributed by atoms with E-state index in [1.54, 1.807) is 11.3 Å². The summed E-state index contributed by atoms with van der Waals surface area (Å²) in [6, 6.07) is 10.4. The lowest BCUT2D eigenvalue weighted by atomic mass is 9.97. The summed E-state index contributed by atoms with van der Waals surface area (Å²) in [5.74, 6) is 0. The number of nitrogens with one attached hydrogen (secondary N) is 1. The van der Waals surface area contributed by atoms with Crippen LogP contribution in [0.5, 0.6) is 0 Å².